The lowest BCUT2D eigenvalue weighted by atomic mass is 9.81. The van der Waals surface area contributed by atoms with Gasteiger partial charge in [-0.25, -0.2) is 18.6 Å². The van der Waals surface area contributed by atoms with Crippen molar-refractivity contribution in [3.05, 3.63) is 47.6 Å². The molecule has 1 aliphatic carbocycles. The molecule has 6 rings (SSSR count). The number of nitrogens with one attached hydrogen (secondary N) is 2. The molecule has 1 aromatic carbocycles. The lowest BCUT2D eigenvalue weighted by Gasteiger charge is -2.44. The normalized spacial score (nSPS) is 23.3. The monoisotopic (exact) mass is 610 g/mol. The number of aryl methyl sites for hydroxylation is 1. The number of hydrogen-bond acceptors (Lipinski definition) is 6. The summed E-state index contributed by atoms with van der Waals surface area (Å²) in [6, 6.07) is 2.92. The summed E-state index contributed by atoms with van der Waals surface area (Å²) in [6.45, 7) is -0.0487. The van der Waals surface area contributed by atoms with Gasteiger partial charge in [-0.15, -0.1) is 0 Å². The number of oxazole rings is 1. The third kappa shape index (κ3) is 5.54. The highest BCUT2D eigenvalue weighted by atomic mass is 19.4. The molecule has 0 radical (unpaired) electrons. The molecule has 232 valence electrons. The third-order valence-corrected chi connectivity index (χ3v) is 8.92. The fourth-order valence-corrected chi connectivity index (χ4v) is 6.47. The van der Waals surface area contributed by atoms with Crippen molar-refractivity contribution >= 4 is 23.0 Å². The molecule has 3 fully saturated rings. The highest BCUT2D eigenvalue weighted by Crippen LogP contribution is 2.44. The molecule has 10 nitrogen and oxygen atoms in total. The number of halogens is 5. The van der Waals surface area contributed by atoms with E-state index in [0.717, 1.165) is 0 Å². The van der Waals surface area contributed by atoms with Gasteiger partial charge in [0.2, 0.25) is 11.8 Å². The van der Waals surface area contributed by atoms with Gasteiger partial charge in [-0.3, -0.25) is 9.48 Å². The minimum absolute atomic E-state index is 0.134. The molecule has 3 aromatic rings. The van der Waals surface area contributed by atoms with Gasteiger partial charge >= 0.3 is 12.2 Å². The smallest absolute Gasteiger partial charge is 0.410 e. The molecule has 2 atom stereocenters. The summed E-state index contributed by atoms with van der Waals surface area (Å²) in [6.07, 6.45) is -2.96. The Morgan fingerprint density at radius 1 is 1.14 bits per heavy atom. The average Bonchev–Trinajstić information content (AvgIpc) is 3.69. The number of fused-ring (bicyclic) bond motifs is 1. The predicted molar refractivity (Wildman–Crippen MR) is 141 cm³/mol. The minimum atomic E-state index is -4.60. The van der Waals surface area contributed by atoms with Gasteiger partial charge < -0.3 is 24.7 Å². The van der Waals surface area contributed by atoms with Crippen LogP contribution in [0.15, 0.2) is 34.9 Å². The highest BCUT2D eigenvalue weighted by Gasteiger charge is 2.53. The molecule has 43 heavy (non-hydrogen) atoms. The minimum Gasteiger partial charge on any atom is -0.438 e. The number of ether oxygens (including phenoxy) is 1. The summed E-state index contributed by atoms with van der Waals surface area (Å²) in [4.78, 5) is 31.9. The van der Waals surface area contributed by atoms with Crippen molar-refractivity contribution in [2.45, 2.75) is 68.2 Å². The number of urea groups is 1. The Balaban J connectivity index is 1.34. The van der Waals surface area contributed by atoms with E-state index in [1.54, 1.807) is 25.2 Å². The molecule has 3 aliphatic rings. The van der Waals surface area contributed by atoms with E-state index in [-0.39, 0.29) is 69.2 Å². The lowest BCUT2D eigenvalue weighted by Crippen LogP contribution is -2.51. The topological polar surface area (TPSA) is 115 Å². The van der Waals surface area contributed by atoms with Crippen LogP contribution in [0, 0.1) is 5.92 Å². The van der Waals surface area contributed by atoms with Crippen LogP contribution in [0.5, 0.6) is 0 Å². The first-order chi connectivity index (χ1) is 20.4. The maximum atomic E-state index is 14.0. The van der Waals surface area contributed by atoms with E-state index in [4.69, 9.17) is 9.15 Å². The third-order valence-electron chi connectivity index (χ3n) is 8.92. The summed E-state index contributed by atoms with van der Waals surface area (Å²) in [7, 11) is 1.61. The summed E-state index contributed by atoms with van der Waals surface area (Å²) in [5.74, 6) is -3.49. The largest absolute Gasteiger partial charge is 0.438 e. The molecular weight excluding hydrogens is 579 g/mol. The molecule has 0 bridgehead atoms. The Bertz CT molecular complexity index is 1500. The zero-order chi connectivity index (χ0) is 30.6. The molecule has 3 amide bonds. The second kappa shape index (κ2) is 10.8. The van der Waals surface area contributed by atoms with Crippen LogP contribution in [0.1, 0.15) is 66.5 Å². The fourth-order valence-electron chi connectivity index (χ4n) is 6.47. The van der Waals surface area contributed by atoms with Crippen molar-refractivity contribution in [3.63, 3.8) is 0 Å². The molecule has 4 heterocycles. The molecule has 0 unspecified atom stereocenters. The van der Waals surface area contributed by atoms with Crippen molar-refractivity contribution in [2.24, 2.45) is 13.0 Å². The lowest BCUT2D eigenvalue weighted by molar-refractivity contribution is -0.151. The number of aromatic nitrogens is 3. The zero-order valence-electron chi connectivity index (χ0n) is 23.3. The number of carbonyl (C=O) groups excluding carboxylic acids is 2. The molecule has 2 aromatic heterocycles. The summed E-state index contributed by atoms with van der Waals surface area (Å²) in [5.41, 5.74) is 0.491. The molecular formula is C28H31F5N6O4. The van der Waals surface area contributed by atoms with Crippen LogP contribution in [0.2, 0.25) is 0 Å². The average molecular weight is 611 g/mol. The van der Waals surface area contributed by atoms with Crippen molar-refractivity contribution in [1.82, 2.24) is 30.3 Å². The van der Waals surface area contributed by atoms with Gasteiger partial charge in [-0.05, 0) is 55.4 Å². The fraction of sp³-hybridized carbons (Fsp3) is 0.571. The summed E-state index contributed by atoms with van der Waals surface area (Å²) in [5, 5.41) is 8.97. The number of benzene rings is 1. The first kappa shape index (κ1) is 29.3. The Kier molecular flexibility index (Phi) is 7.33. The quantitative estimate of drug-likeness (QED) is 0.387. The maximum absolute atomic E-state index is 14.0. The van der Waals surface area contributed by atoms with Crippen molar-refractivity contribution in [1.29, 1.82) is 0 Å². The van der Waals surface area contributed by atoms with Gasteiger partial charge in [0.05, 0.1) is 12.1 Å². The van der Waals surface area contributed by atoms with Crippen LogP contribution < -0.4 is 10.6 Å². The Labute approximate surface area is 242 Å². The van der Waals surface area contributed by atoms with Crippen molar-refractivity contribution in [2.75, 3.05) is 19.8 Å². The number of rotatable bonds is 6. The van der Waals surface area contributed by atoms with Crippen molar-refractivity contribution < 1.29 is 40.7 Å². The van der Waals surface area contributed by atoms with E-state index in [1.807, 2.05) is 0 Å². The van der Waals surface area contributed by atoms with E-state index in [2.05, 4.69) is 20.7 Å². The molecule has 2 saturated heterocycles. The van der Waals surface area contributed by atoms with Gasteiger partial charge in [0.15, 0.2) is 5.58 Å². The van der Waals surface area contributed by atoms with Gasteiger partial charge in [0.25, 0.3) is 5.91 Å². The number of alkyl halides is 5. The number of amides is 3. The predicted octanol–water partition coefficient (Wildman–Crippen LogP) is 4.82. The Hall–Kier alpha value is -3.75. The second-order valence-corrected chi connectivity index (χ2v) is 11.5. The van der Waals surface area contributed by atoms with Crippen LogP contribution in [0.3, 0.4) is 0 Å². The molecule has 15 heteroatoms. The Morgan fingerprint density at radius 3 is 2.49 bits per heavy atom. The number of carbonyl (C=O) groups is 2. The zero-order valence-corrected chi connectivity index (χ0v) is 23.3. The SMILES string of the molecule is Cn1nccc1C(=O)N[C@H](c1nc2cc(C3(N4C[C@@H](C(F)(F)F)NC4=O)CCOCC3)ccc2o1)C1CCC(F)(F)CC1. The van der Waals surface area contributed by atoms with Crippen LogP contribution in [0.25, 0.3) is 11.1 Å². The maximum Gasteiger partial charge on any atom is 0.410 e. The first-order valence-corrected chi connectivity index (χ1v) is 14.2. The second-order valence-electron chi connectivity index (χ2n) is 11.5. The van der Waals surface area contributed by atoms with E-state index >= 15 is 0 Å². The summed E-state index contributed by atoms with van der Waals surface area (Å²) >= 11 is 0. The molecule has 1 saturated carbocycles. The molecule has 2 N–H and O–H groups in total. The van der Waals surface area contributed by atoms with Crippen LogP contribution in [-0.4, -0.2) is 69.5 Å². The van der Waals surface area contributed by atoms with Crippen LogP contribution >= 0.6 is 0 Å². The standard InChI is InChI=1S/C28H31F5N6O4/c1-38-19(6-11-34-38)23(40)37-22(16-4-7-27(29,30)8-5-16)24-35-18-14-17(2-3-20(18)43-24)26(9-12-42-13-10-26)39-15-21(28(31,32)33)36-25(39)41/h2-3,6,11,14,16,21-22H,4-5,7-10,12-13,15H2,1H3,(H,36,41)(H,37,40)/t21-,22-/m0/s1. The van der Waals surface area contributed by atoms with Gasteiger partial charge in [-0.1, -0.05) is 6.07 Å². The highest BCUT2D eigenvalue weighted by molar-refractivity contribution is 5.92. The molecule has 0 spiro atoms. The van der Waals surface area contributed by atoms with E-state index in [1.165, 1.54) is 21.8 Å². The van der Waals surface area contributed by atoms with Gasteiger partial charge in [0.1, 0.15) is 23.3 Å². The van der Waals surface area contributed by atoms with E-state index in [0.29, 0.717) is 16.7 Å². The van der Waals surface area contributed by atoms with Crippen molar-refractivity contribution in [3.8, 4) is 0 Å². The van der Waals surface area contributed by atoms with Gasteiger partial charge in [0, 0.05) is 39.3 Å². The Morgan fingerprint density at radius 2 is 1.86 bits per heavy atom. The number of nitrogens with zero attached hydrogens (tertiary/aromatic N) is 4. The number of hydrogen-bond donors (Lipinski definition) is 2. The van der Waals surface area contributed by atoms with E-state index < -0.39 is 48.2 Å². The molecule has 2 aliphatic heterocycles. The van der Waals surface area contributed by atoms with Crippen LogP contribution in [0.4, 0.5) is 26.7 Å². The van der Waals surface area contributed by atoms with Gasteiger partial charge in [-0.2, -0.15) is 18.3 Å². The first-order valence-electron chi connectivity index (χ1n) is 14.2. The summed E-state index contributed by atoms with van der Waals surface area (Å²) < 4.78 is 81.5. The van der Waals surface area contributed by atoms with E-state index in [9.17, 15) is 31.5 Å². The van der Waals surface area contributed by atoms with Crippen LogP contribution in [-0.2, 0) is 17.3 Å².